The molecule has 0 aliphatic heterocycles. The van der Waals surface area contributed by atoms with Crippen molar-refractivity contribution in [3.05, 3.63) is 44.8 Å². The maximum Gasteiger partial charge on any atom is 0.345 e. The fourth-order valence-corrected chi connectivity index (χ4v) is 3.37. The molecule has 0 unspecified atom stereocenters. The molecule has 0 amide bonds. The van der Waals surface area contributed by atoms with Crippen LogP contribution < -0.4 is 5.56 Å². The summed E-state index contributed by atoms with van der Waals surface area (Å²) in [5.74, 6) is -0.130. The quantitative estimate of drug-likeness (QED) is 0.708. The Kier molecular flexibility index (Phi) is 3.28. The SMILES string of the molecule is O=C(O)c1cc(SCc2cc(=O)n3[nH]cnc3n2)cs1. The van der Waals surface area contributed by atoms with Crippen LogP contribution in [0.1, 0.15) is 15.4 Å². The van der Waals surface area contributed by atoms with Gasteiger partial charge in [-0.2, -0.15) is 4.52 Å². The second-order valence-electron chi connectivity index (χ2n) is 3.85. The van der Waals surface area contributed by atoms with E-state index in [1.165, 1.54) is 40.0 Å². The van der Waals surface area contributed by atoms with Gasteiger partial charge in [0.05, 0.1) is 5.69 Å². The largest absolute Gasteiger partial charge is 0.477 e. The van der Waals surface area contributed by atoms with Crippen LogP contribution in [-0.2, 0) is 5.75 Å². The number of aromatic nitrogens is 4. The molecule has 0 atom stereocenters. The van der Waals surface area contributed by atoms with Crippen molar-refractivity contribution in [2.45, 2.75) is 10.6 Å². The average molecular weight is 308 g/mol. The van der Waals surface area contributed by atoms with Crippen LogP contribution in [0.15, 0.2) is 33.5 Å². The van der Waals surface area contributed by atoms with E-state index in [0.717, 1.165) is 4.90 Å². The summed E-state index contributed by atoms with van der Waals surface area (Å²) in [6.07, 6.45) is 1.40. The standard InChI is InChI=1S/C11H8N4O3S2/c16-9-1-6(14-11-12-5-13-15(9)11)3-19-7-2-8(10(17)18)20-4-7/h1-2,4-5H,3H2,(H,17,18)(H,12,13,14). The predicted octanol–water partition coefficient (Wildman–Crippen LogP) is 1.47. The van der Waals surface area contributed by atoms with Gasteiger partial charge < -0.3 is 5.11 Å². The monoisotopic (exact) mass is 308 g/mol. The minimum Gasteiger partial charge on any atom is -0.477 e. The number of aromatic amines is 1. The molecule has 20 heavy (non-hydrogen) atoms. The van der Waals surface area contributed by atoms with Crippen molar-refractivity contribution in [1.29, 1.82) is 0 Å². The molecule has 0 aliphatic rings. The lowest BCUT2D eigenvalue weighted by Gasteiger charge is -1.99. The minimum absolute atomic E-state index is 0.223. The van der Waals surface area contributed by atoms with Gasteiger partial charge in [-0.15, -0.1) is 23.1 Å². The van der Waals surface area contributed by atoms with Crippen molar-refractivity contribution in [1.82, 2.24) is 19.6 Å². The van der Waals surface area contributed by atoms with Crippen molar-refractivity contribution in [3.63, 3.8) is 0 Å². The van der Waals surface area contributed by atoms with E-state index < -0.39 is 5.97 Å². The van der Waals surface area contributed by atoms with Gasteiger partial charge >= 0.3 is 5.97 Å². The van der Waals surface area contributed by atoms with Gasteiger partial charge in [0.15, 0.2) is 0 Å². The highest BCUT2D eigenvalue weighted by Gasteiger charge is 2.09. The molecule has 0 bridgehead atoms. The number of thioether (sulfide) groups is 1. The lowest BCUT2D eigenvalue weighted by Crippen LogP contribution is -2.15. The van der Waals surface area contributed by atoms with Gasteiger partial charge in [-0.05, 0) is 6.07 Å². The normalized spacial score (nSPS) is 11.0. The number of thiophene rings is 1. The Morgan fingerprint density at radius 2 is 2.35 bits per heavy atom. The molecule has 3 aromatic rings. The predicted molar refractivity (Wildman–Crippen MR) is 74.4 cm³/mol. The third-order valence-corrected chi connectivity index (χ3v) is 4.57. The Morgan fingerprint density at radius 3 is 3.10 bits per heavy atom. The fourth-order valence-electron chi connectivity index (χ4n) is 1.61. The van der Waals surface area contributed by atoms with E-state index in [1.54, 1.807) is 11.4 Å². The molecule has 0 saturated carbocycles. The van der Waals surface area contributed by atoms with Gasteiger partial charge in [-0.1, -0.05) is 0 Å². The number of hydrogen-bond donors (Lipinski definition) is 2. The molecular formula is C11H8N4O3S2. The molecule has 0 aliphatic carbocycles. The number of carboxylic acid groups (broad SMARTS) is 1. The van der Waals surface area contributed by atoms with Gasteiger partial charge in [0.25, 0.3) is 11.3 Å². The summed E-state index contributed by atoms with van der Waals surface area (Å²) >= 11 is 2.61. The second kappa shape index (κ2) is 5.10. The Labute approximate surface area is 120 Å². The number of hydrogen-bond acceptors (Lipinski definition) is 6. The summed E-state index contributed by atoms with van der Waals surface area (Å²) in [6, 6.07) is 3.04. The topological polar surface area (TPSA) is 100 Å². The smallest absolute Gasteiger partial charge is 0.345 e. The molecule has 3 heterocycles. The molecule has 0 spiro atoms. The zero-order chi connectivity index (χ0) is 14.1. The summed E-state index contributed by atoms with van der Waals surface area (Å²) < 4.78 is 1.25. The van der Waals surface area contributed by atoms with Gasteiger partial charge in [-0.3, -0.25) is 9.89 Å². The fraction of sp³-hybridized carbons (Fsp3) is 0.0909. The first-order valence-corrected chi connectivity index (χ1v) is 7.37. The molecule has 9 heteroatoms. The lowest BCUT2D eigenvalue weighted by molar-refractivity contribution is 0.0702. The maximum absolute atomic E-state index is 11.7. The van der Waals surface area contributed by atoms with Crippen molar-refractivity contribution in [2.75, 3.05) is 0 Å². The lowest BCUT2D eigenvalue weighted by atomic mass is 10.4. The summed E-state index contributed by atoms with van der Waals surface area (Å²) in [6.45, 7) is 0. The molecule has 0 fully saturated rings. The van der Waals surface area contributed by atoms with E-state index in [2.05, 4.69) is 15.1 Å². The highest BCUT2D eigenvalue weighted by atomic mass is 32.2. The number of fused-ring (bicyclic) bond motifs is 1. The molecular weight excluding hydrogens is 300 g/mol. The van der Waals surface area contributed by atoms with Gasteiger partial charge in [0.2, 0.25) is 0 Å². The average Bonchev–Trinajstić information content (AvgIpc) is 3.05. The minimum atomic E-state index is -0.934. The van der Waals surface area contributed by atoms with Crippen LogP contribution in [0.4, 0.5) is 0 Å². The van der Waals surface area contributed by atoms with E-state index in [4.69, 9.17) is 5.11 Å². The molecule has 0 radical (unpaired) electrons. The number of H-pyrrole nitrogens is 1. The first kappa shape index (κ1) is 12.9. The number of rotatable bonds is 4. The number of aromatic carboxylic acids is 1. The van der Waals surface area contributed by atoms with Crippen molar-refractivity contribution in [3.8, 4) is 0 Å². The first-order chi connectivity index (χ1) is 9.63. The molecule has 3 aromatic heterocycles. The molecule has 0 aromatic carbocycles. The van der Waals surface area contributed by atoms with Crippen LogP contribution in [0.5, 0.6) is 0 Å². The summed E-state index contributed by atoms with van der Waals surface area (Å²) in [7, 11) is 0. The van der Waals surface area contributed by atoms with Gasteiger partial charge in [0, 0.05) is 22.1 Å². The van der Waals surface area contributed by atoms with Crippen LogP contribution in [-0.4, -0.2) is 30.7 Å². The number of nitrogens with zero attached hydrogens (tertiary/aromatic N) is 3. The molecule has 102 valence electrons. The number of carbonyl (C=O) groups is 1. The van der Waals surface area contributed by atoms with E-state index in [9.17, 15) is 9.59 Å². The molecule has 2 N–H and O–H groups in total. The summed E-state index contributed by atoms with van der Waals surface area (Å²) in [4.78, 5) is 31.8. The van der Waals surface area contributed by atoms with E-state index in [1.807, 2.05) is 0 Å². The zero-order valence-electron chi connectivity index (χ0n) is 9.94. The van der Waals surface area contributed by atoms with E-state index in [0.29, 0.717) is 22.1 Å². The van der Waals surface area contributed by atoms with Crippen molar-refractivity contribution >= 4 is 34.8 Å². The van der Waals surface area contributed by atoms with Crippen LogP contribution in [0, 0.1) is 0 Å². The Balaban J connectivity index is 1.79. The van der Waals surface area contributed by atoms with Crippen molar-refractivity contribution < 1.29 is 9.90 Å². The molecule has 3 rings (SSSR count). The van der Waals surface area contributed by atoms with Crippen LogP contribution in [0.2, 0.25) is 0 Å². The zero-order valence-corrected chi connectivity index (χ0v) is 11.6. The third-order valence-electron chi connectivity index (χ3n) is 2.49. The molecule has 7 nitrogen and oxygen atoms in total. The van der Waals surface area contributed by atoms with Crippen LogP contribution in [0.25, 0.3) is 5.78 Å². The maximum atomic E-state index is 11.7. The van der Waals surface area contributed by atoms with E-state index in [-0.39, 0.29) is 5.56 Å². The Hall–Kier alpha value is -2.13. The second-order valence-corrected chi connectivity index (χ2v) is 5.81. The van der Waals surface area contributed by atoms with Crippen molar-refractivity contribution in [2.24, 2.45) is 0 Å². The van der Waals surface area contributed by atoms with Crippen LogP contribution >= 0.6 is 23.1 Å². The van der Waals surface area contributed by atoms with E-state index >= 15 is 0 Å². The van der Waals surface area contributed by atoms with Gasteiger partial charge in [-0.25, -0.2) is 14.8 Å². The Morgan fingerprint density at radius 1 is 1.50 bits per heavy atom. The molecule has 0 saturated heterocycles. The van der Waals surface area contributed by atoms with Gasteiger partial charge in [0.1, 0.15) is 11.2 Å². The highest BCUT2D eigenvalue weighted by Crippen LogP contribution is 2.27. The number of carboxylic acids is 1. The Bertz CT molecular complexity index is 835. The highest BCUT2D eigenvalue weighted by molar-refractivity contribution is 7.98. The first-order valence-electron chi connectivity index (χ1n) is 5.50. The number of nitrogens with one attached hydrogen (secondary N) is 1. The summed E-state index contributed by atoms with van der Waals surface area (Å²) in [5, 5.41) is 13.3. The third kappa shape index (κ3) is 2.45. The summed E-state index contributed by atoms with van der Waals surface area (Å²) in [5.41, 5.74) is 0.384. The van der Waals surface area contributed by atoms with Crippen LogP contribution in [0.3, 0.4) is 0 Å².